The van der Waals surface area contributed by atoms with E-state index in [1.165, 1.54) is 0 Å². The number of carbonyl (C=O) groups excluding carboxylic acids is 2. The van der Waals surface area contributed by atoms with E-state index >= 15 is 0 Å². The molecule has 2 aliphatic heterocycles. The standard InChI is InChI=1S/C32H42N2O6/c1-6-9-17-39-26-14-11-22(20-27(26)38-5)29-28(30(35)23-12-13-25-24(19-23)18-21(4)40-25)31(36)32(37)34(29)16-10-15-33(7-2)8-3/h11-14,19-21,29,35H,6-10,15-18H2,1-5H3/b30-28-. The molecule has 0 aromatic heterocycles. The molecule has 1 saturated heterocycles. The highest BCUT2D eigenvalue weighted by atomic mass is 16.5. The molecule has 2 unspecified atom stereocenters. The van der Waals surface area contributed by atoms with Crippen LogP contribution in [0.3, 0.4) is 0 Å². The topological polar surface area (TPSA) is 88.5 Å². The zero-order valence-corrected chi connectivity index (χ0v) is 24.4. The van der Waals surface area contributed by atoms with Crippen LogP contribution in [0.4, 0.5) is 0 Å². The van der Waals surface area contributed by atoms with E-state index in [0.717, 1.165) is 50.2 Å². The lowest BCUT2D eigenvalue weighted by Gasteiger charge is -2.27. The number of hydrogen-bond donors (Lipinski definition) is 1. The summed E-state index contributed by atoms with van der Waals surface area (Å²) in [6.07, 6.45) is 3.40. The molecule has 2 atom stereocenters. The lowest BCUT2D eigenvalue weighted by atomic mass is 9.94. The number of likely N-dealkylation sites (tertiary alicyclic amines) is 1. The van der Waals surface area contributed by atoms with Crippen LogP contribution in [0.5, 0.6) is 17.2 Å². The summed E-state index contributed by atoms with van der Waals surface area (Å²) in [5, 5.41) is 11.5. The number of aliphatic hydroxyl groups is 1. The highest BCUT2D eigenvalue weighted by Crippen LogP contribution is 2.43. The number of rotatable bonds is 13. The van der Waals surface area contributed by atoms with Crippen LogP contribution in [0.2, 0.25) is 0 Å². The summed E-state index contributed by atoms with van der Waals surface area (Å²) >= 11 is 0. The number of ketones is 1. The molecule has 0 bridgehead atoms. The number of ether oxygens (including phenoxy) is 3. The molecule has 1 fully saturated rings. The molecule has 0 radical (unpaired) electrons. The normalized spacial score (nSPS) is 19.7. The fraction of sp³-hybridized carbons (Fsp3) is 0.500. The summed E-state index contributed by atoms with van der Waals surface area (Å²) in [5.41, 5.74) is 2.23. The number of nitrogens with zero attached hydrogens (tertiary/aromatic N) is 2. The average Bonchev–Trinajstić information content (AvgIpc) is 3.46. The smallest absolute Gasteiger partial charge is 0.295 e. The van der Waals surface area contributed by atoms with Gasteiger partial charge < -0.3 is 29.1 Å². The molecular formula is C32H42N2O6. The molecule has 1 N–H and O–H groups in total. The first-order chi connectivity index (χ1) is 19.3. The van der Waals surface area contributed by atoms with E-state index in [2.05, 4.69) is 25.7 Å². The minimum absolute atomic E-state index is 0.0503. The van der Waals surface area contributed by atoms with Gasteiger partial charge >= 0.3 is 0 Å². The Morgan fingerprint density at radius 3 is 2.55 bits per heavy atom. The second kappa shape index (κ2) is 13.2. The SMILES string of the molecule is CCCCOc1ccc(C2/C(=C(/O)c3ccc4c(c3)CC(C)O4)C(=O)C(=O)N2CCCN(CC)CC)cc1OC. The molecule has 216 valence electrons. The summed E-state index contributed by atoms with van der Waals surface area (Å²) in [4.78, 5) is 30.8. The highest BCUT2D eigenvalue weighted by Gasteiger charge is 2.46. The van der Waals surface area contributed by atoms with Gasteiger partial charge in [-0.1, -0.05) is 33.3 Å². The van der Waals surface area contributed by atoms with Gasteiger partial charge in [0.15, 0.2) is 11.5 Å². The molecule has 40 heavy (non-hydrogen) atoms. The van der Waals surface area contributed by atoms with Crippen molar-refractivity contribution in [3.63, 3.8) is 0 Å². The van der Waals surface area contributed by atoms with Gasteiger partial charge in [-0.2, -0.15) is 0 Å². The number of benzene rings is 2. The highest BCUT2D eigenvalue weighted by molar-refractivity contribution is 6.46. The fourth-order valence-electron chi connectivity index (χ4n) is 5.49. The van der Waals surface area contributed by atoms with Gasteiger partial charge in [-0.3, -0.25) is 9.59 Å². The zero-order chi connectivity index (χ0) is 28.8. The Hall–Kier alpha value is -3.52. The van der Waals surface area contributed by atoms with Crippen molar-refractivity contribution in [1.29, 1.82) is 0 Å². The predicted octanol–water partition coefficient (Wildman–Crippen LogP) is 5.35. The van der Waals surface area contributed by atoms with Crippen molar-refractivity contribution in [2.75, 3.05) is 39.9 Å². The number of aliphatic hydroxyl groups excluding tert-OH is 1. The second-order valence-electron chi connectivity index (χ2n) is 10.4. The quantitative estimate of drug-likeness (QED) is 0.156. The Morgan fingerprint density at radius 1 is 1.07 bits per heavy atom. The molecule has 0 aliphatic carbocycles. The largest absolute Gasteiger partial charge is 0.507 e. The van der Waals surface area contributed by atoms with Crippen LogP contribution < -0.4 is 14.2 Å². The van der Waals surface area contributed by atoms with Gasteiger partial charge in [-0.15, -0.1) is 0 Å². The Kier molecular flexibility index (Phi) is 9.74. The Balaban J connectivity index is 1.75. The second-order valence-corrected chi connectivity index (χ2v) is 10.4. The molecule has 0 spiro atoms. The van der Waals surface area contributed by atoms with Gasteiger partial charge in [0.25, 0.3) is 11.7 Å². The molecule has 8 nitrogen and oxygen atoms in total. The number of Topliss-reactive ketones (excluding diaryl/α,β-unsaturated/α-hetero) is 1. The van der Waals surface area contributed by atoms with Crippen molar-refractivity contribution in [1.82, 2.24) is 9.80 Å². The number of fused-ring (bicyclic) bond motifs is 1. The van der Waals surface area contributed by atoms with Crippen LogP contribution in [-0.4, -0.2) is 72.6 Å². The fourth-order valence-corrected chi connectivity index (χ4v) is 5.49. The molecule has 8 heteroatoms. The molecule has 2 aliphatic rings. The van der Waals surface area contributed by atoms with Gasteiger partial charge in [-0.25, -0.2) is 0 Å². The first-order valence-corrected chi connectivity index (χ1v) is 14.4. The van der Waals surface area contributed by atoms with Crippen molar-refractivity contribution in [2.45, 2.75) is 65.5 Å². The monoisotopic (exact) mass is 550 g/mol. The number of amides is 1. The van der Waals surface area contributed by atoms with Gasteiger partial charge in [0.1, 0.15) is 17.6 Å². The van der Waals surface area contributed by atoms with Gasteiger partial charge in [0, 0.05) is 18.5 Å². The molecule has 2 aromatic rings. The van der Waals surface area contributed by atoms with Crippen LogP contribution >= 0.6 is 0 Å². The van der Waals surface area contributed by atoms with Crippen LogP contribution in [0.15, 0.2) is 42.0 Å². The third kappa shape index (κ3) is 6.12. The van der Waals surface area contributed by atoms with E-state index in [0.29, 0.717) is 42.2 Å². The van der Waals surface area contributed by atoms with E-state index in [4.69, 9.17) is 14.2 Å². The number of unbranched alkanes of at least 4 members (excludes halogenated alkanes) is 1. The average molecular weight is 551 g/mol. The summed E-state index contributed by atoms with van der Waals surface area (Å²) in [5.74, 6) is 0.432. The number of hydrogen-bond acceptors (Lipinski definition) is 7. The maximum atomic E-state index is 13.5. The molecular weight excluding hydrogens is 508 g/mol. The predicted molar refractivity (Wildman–Crippen MR) is 155 cm³/mol. The van der Waals surface area contributed by atoms with Gasteiger partial charge in [-0.05, 0) is 80.9 Å². The maximum absolute atomic E-state index is 13.5. The van der Waals surface area contributed by atoms with Crippen molar-refractivity contribution >= 4 is 17.4 Å². The van der Waals surface area contributed by atoms with Crippen LogP contribution in [0, 0.1) is 0 Å². The first-order valence-electron chi connectivity index (χ1n) is 14.4. The number of carbonyl (C=O) groups is 2. The Morgan fingerprint density at radius 2 is 1.85 bits per heavy atom. The third-order valence-electron chi connectivity index (χ3n) is 7.74. The summed E-state index contributed by atoms with van der Waals surface area (Å²) in [7, 11) is 1.57. The van der Waals surface area contributed by atoms with Gasteiger partial charge in [0.05, 0.1) is 25.3 Å². The summed E-state index contributed by atoms with van der Waals surface area (Å²) < 4.78 is 17.4. The van der Waals surface area contributed by atoms with E-state index in [1.54, 1.807) is 24.1 Å². The first kappa shape index (κ1) is 29.5. The van der Waals surface area contributed by atoms with Crippen molar-refractivity contribution in [3.8, 4) is 17.2 Å². The van der Waals surface area contributed by atoms with Crippen LogP contribution in [0.1, 0.15) is 69.7 Å². The van der Waals surface area contributed by atoms with E-state index in [9.17, 15) is 14.7 Å². The molecule has 2 aromatic carbocycles. The molecule has 4 rings (SSSR count). The number of methoxy groups -OCH3 is 1. The summed E-state index contributed by atoms with van der Waals surface area (Å²) in [6.45, 7) is 11.9. The maximum Gasteiger partial charge on any atom is 0.295 e. The lowest BCUT2D eigenvalue weighted by molar-refractivity contribution is -0.140. The Labute approximate surface area is 237 Å². The van der Waals surface area contributed by atoms with E-state index in [-0.39, 0.29) is 17.4 Å². The minimum atomic E-state index is -0.751. The van der Waals surface area contributed by atoms with Gasteiger partial charge in [0.2, 0.25) is 0 Å². The van der Waals surface area contributed by atoms with Crippen molar-refractivity contribution in [2.24, 2.45) is 0 Å². The van der Waals surface area contributed by atoms with Crippen LogP contribution in [-0.2, 0) is 16.0 Å². The van der Waals surface area contributed by atoms with E-state index in [1.807, 2.05) is 31.2 Å². The molecule has 1 amide bonds. The third-order valence-corrected chi connectivity index (χ3v) is 7.74. The van der Waals surface area contributed by atoms with Crippen molar-refractivity contribution < 1.29 is 28.9 Å². The molecule has 2 heterocycles. The lowest BCUT2D eigenvalue weighted by Crippen LogP contribution is -2.33. The minimum Gasteiger partial charge on any atom is -0.507 e. The zero-order valence-electron chi connectivity index (χ0n) is 24.4. The van der Waals surface area contributed by atoms with Crippen LogP contribution in [0.25, 0.3) is 5.76 Å². The Bertz CT molecular complexity index is 1250. The molecule has 0 saturated carbocycles. The summed E-state index contributed by atoms with van der Waals surface area (Å²) in [6, 6.07) is 10.1. The van der Waals surface area contributed by atoms with Crippen molar-refractivity contribution in [3.05, 3.63) is 58.7 Å². The van der Waals surface area contributed by atoms with E-state index < -0.39 is 17.7 Å².